The Bertz CT molecular complexity index is 1670. The van der Waals surface area contributed by atoms with E-state index in [4.69, 9.17) is 10.00 Å². The van der Waals surface area contributed by atoms with Gasteiger partial charge in [-0.25, -0.2) is 9.48 Å². The normalized spacial score (nSPS) is 12.4. The van der Waals surface area contributed by atoms with Crippen LogP contribution in [0.3, 0.4) is 0 Å². The maximum atomic E-state index is 13.8. The number of benzene rings is 2. The summed E-state index contributed by atoms with van der Waals surface area (Å²) in [6.45, 7) is 3.08. The van der Waals surface area contributed by atoms with Crippen molar-refractivity contribution in [3.63, 3.8) is 0 Å². The summed E-state index contributed by atoms with van der Waals surface area (Å²) in [5.41, 5.74) is -0.964. The number of halogens is 3. The zero-order chi connectivity index (χ0) is 27.6. The van der Waals surface area contributed by atoms with Gasteiger partial charge in [0.05, 0.1) is 65.4 Å². The fourth-order valence-corrected chi connectivity index (χ4v) is 4.16. The molecule has 0 aliphatic heterocycles. The maximum absolute atomic E-state index is 13.8. The second kappa shape index (κ2) is 10.3. The molecule has 194 valence electrons. The Hall–Kier alpha value is -4.85. The number of ether oxygens (including phenoxy) is 1. The zero-order valence-corrected chi connectivity index (χ0v) is 20.6. The molecule has 0 aliphatic rings. The van der Waals surface area contributed by atoms with Gasteiger partial charge in [-0.15, -0.1) is 0 Å². The third kappa shape index (κ3) is 4.76. The van der Waals surface area contributed by atoms with Gasteiger partial charge in [-0.3, -0.25) is 13.9 Å². The molecule has 2 aromatic heterocycles. The quantitative estimate of drug-likeness (QED) is 0.341. The minimum absolute atomic E-state index is 0.0512. The smallest absolute Gasteiger partial charge is 0.416 e. The summed E-state index contributed by atoms with van der Waals surface area (Å²) >= 11 is 0. The number of nitrogens with zero attached hydrogens (tertiary/aromatic N) is 5. The second-order valence-electron chi connectivity index (χ2n) is 8.39. The fourth-order valence-electron chi connectivity index (χ4n) is 4.16. The number of allylic oxidation sites excluding steroid dienone is 1. The summed E-state index contributed by atoms with van der Waals surface area (Å²) in [4.78, 5) is 27.5. The summed E-state index contributed by atoms with van der Waals surface area (Å²) in [6.07, 6.45) is -0.375. The third-order valence-corrected chi connectivity index (χ3v) is 6.00. The average Bonchev–Trinajstić information content (AvgIpc) is 3.36. The summed E-state index contributed by atoms with van der Waals surface area (Å²) in [6, 6.07) is 13.6. The van der Waals surface area contributed by atoms with Crippen molar-refractivity contribution in [1.82, 2.24) is 18.9 Å². The van der Waals surface area contributed by atoms with E-state index in [1.165, 1.54) is 49.4 Å². The first-order valence-electron chi connectivity index (χ1n) is 11.4. The number of hydrogen-bond donors (Lipinski definition) is 0. The van der Waals surface area contributed by atoms with E-state index in [1.807, 2.05) is 6.07 Å². The van der Waals surface area contributed by atoms with E-state index in [0.29, 0.717) is 16.9 Å². The predicted octanol–water partition coefficient (Wildman–Crippen LogP) is 4.77. The summed E-state index contributed by atoms with van der Waals surface area (Å²) in [7, 11) is 1.41. The van der Waals surface area contributed by atoms with Crippen LogP contribution in [0.2, 0.25) is 0 Å². The SMILES string of the molecule is COC=CC(C)n1c(=O)c(-c2ccnn2-c2ccc(C#N)cc2)c(C)n(-c2cccc(C(F)(F)F)c2)c1=O. The largest absolute Gasteiger partial charge is 0.505 e. The number of rotatable bonds is 6. The molecule has 38 heavy (non-hydrogen) atoms. The summed E-state index contributed by atoms with van der Waals surface area (Å²) in [5, 5.41) is 13.4. The Kier molecular flexibility index (Phi) is 7.08. The van der Waals surface area contributed by atoms with Crippen LogP contribution in [0.25, 0.3) is 22.6 Å². The molecule has 0 saturated carbocycles. The Morgan fingerprint density at radius 1 is 1.08 bits per heavy atom. The van der Waals surface area contributed by atoms with Crippen LogP contribution in [0, 0.1) is 18.3 Å². The molecule has 0 aliphatic carbocycles. The average molecular weight is 521 g/mol. The van der Waals surface area contributed by atoms with Gasteiger partial charge >= 0.3 is 11.9 Å². The lowest BCUT2D eigenvalue weighted by molar-refractivity contribution is -0.137. The van der Waals surface area contributed by atoms with Crippen molar-refractivity contribution >= 4 is 0 Å². The highest BCUT2D eigenvalue weighted by Crippen LogP contribution is 2.31. The van der Waals surface area contributed by atoms with Gasteiger partial charge in [-0.05, 0) is 68.5 Å². The van der Waals surface area contributed by atoms with Gasteiger partial charge in [0.15, 0.2) is 0 Å². The Labute approximate surface area is 215 Å². The molecule has 0 spiro atoms. The van der Waals surface area contributed by atoms with Crippen LogP contribution in [-0.4, -0.2) is 26.0 Å². The molecule has 4 rings (SSSR count). The van der Waals surface area contributed by atoms with Gasteiger partial charge in [0.25, 0.3) is 5.56 Å². The molecular formula is C27H22F3N5O3. The van der Waals surface area contributed by atoms with E-state index < -0.39 is 29.0 Å². The van der Waals surface area contributed by atoms with Crippen LogP contribution in [0.15, 0.2) is 82.7 Å². The van der Waals surface area contributed by atoms with Crippen LogP contribution in [0.4, 0.5) is 13.2 Å². The van der Waals surface area contributed by atoms with Gasteiger partial charge in [0, 0.05) is 5.69 Å². The first-order valence-corrected chi connectivity index (χ1v) is 11.4. The number of aromatic nitrogens is 4. The number of alkyl halides is 3. The van der Waals surface area contributed by atoms with Crippen LogP contribution in [-0.2, 0) is 10.9 Å². The Balaban J connectivity index is 2.06. The van der Waals surface area contributed by atoms with E-state index in [0.717, 1.165) is 21.3 Å². The van der Waals surface area contributed by atoms with Crippen LogP contribution < -0.4 is 11.2 Å². The van der Waals surface area contributed by atoms with E-state index in [2.05, 4.69) is 5.10 Å². The highest BCUT2D eigenvalue weighted by molar-refractivity contribution is 5.64. The zero-order valence-electron chi connectivity index (χ0n) is 20.6. The van der Waals surface area contributed by atoms with Crippen molar-refractivity contribution in [3.8, 4) is 28.7 Å². The van der Waals surface area contributed by atoms with Gasteiger partial charge in [0.1, 0.15) is 0 Å². The van der Waals surface area contributed by atoms with E-state index in [9.17, 15) is 22.8 Å². The van der Waals surface area contributed by atoms with Gasteiger partial charge in [-0.1, -0.05) is 6.07 Å². The van der Waals surface area contributed by atoms with Gasteiger partial charge in [0.2, 0.25) is 0 Å². The lowest BCUT2D eigenvalue weighted by atomic mass is 10.1. The van der Waals surface area contributed by atoms with Crippen molar-refractivity contribution in [1.29, 1.82) is 5.26 Å². The van der Waals surface area contributed by atoms with Crippen molar-refractivity contribution in [2.24, 2.45) is 0 Å². The lowest BCUT2D eigenvalue weighted by Gasteiger charge is -2.20. The predicted molar refractivity (Wildman–Crippen MR) is 134 cm³/mol. The molecule has 0 bridgehead atoms. The highest BCUT2D eigenvalue weighted by Gasteiger charge is 2.31. The maximum Gasteiger partial charge on any atom is 0.416 e. The molecule has 2 aromatic carbocycles. The van der Waals surface area contributed by atoms with Crippen molar-refractivity contribution in [3.05, 3.63) is 111 Å². The summed E-state index contributed by atoms with van der Waals surface area (Å²) < 4.78 is 48.9. The third-order valence-electron chi connectivity index (χ3n) is 6.00. The molecule has 0 radical (unpaired) electrons. The van der Waals surface area contributed by atoms with Crippen molar-refractivity contribution in [2.75, 3.05) is 7.11 Å². The number of nitriles is 1. The Morgan fingerprint density at radius 3 is 2.42 bits per heavy atom. The Morgan fingerprint density at radius 2 is 1.79 bits per heavy atom. The fraction of sp³-hybridized carbons (Fsp3) is 0.185. The molecule has 0 fully saturated rings. The first-order chi connectivity index (χ1) is 18.1. The van der Waals surface area contributed by atoms with Crippen molar-refractivity contribution in [2.45, 2.75) is 26.1 Å². The number of hydrogen-bond acceptors (Lipinski definition) is 5. The van der Waals surface area contributed by atoms with Crippen molar-refractivity contribution < 1.29 is 17.9 Å². The molecule has 1 atom stereocenters. The molecule has 11 heteroatoms. The molecule has 0 saturated heterocycles. The van der Waals surface area contributed by atoms with Gasteiger partial charge in [-0.2, -0.15) is 23.5 Å². The standard InChI is InChI=1S/C27H22F3N5O3/c1-17(12-14-38-3)33-25(36)24(23-11-13-32-35(23)21-9-7-19(16-31)8-10-21)18(2)34(26(33)37)22-6-4-5-20(15-22)27(28,29)30/h4-15,17H,1-3H3. The molecule has 1 unspecified atom stereocenters. The molecular weight excluding hydrogens is 499 g/mol. The monoisotopic (exact) mass is 521 g/mol. The molecule has 8 nitrogen and oxygen atoms in total. The first kappa shape index (κ1) is 26.2. The van der Waals surface area contributed by atoms with E-state index >= 15 is 0 Å². The molecule has 4 aromatic rings. The molecule has 0 N–H and O–H groups in total. The topological polar surface area (TPSA) is 94.8 Å². The van der Waals surface area contributed by atoms with E-state index in [-0.39, 0.29) is 16.9 Å². The number of methoxy groups -OCH3 is 1. The lowest BCUT2D eigenvalue weighted by Crippen LogP contribution is -2.43. The minimum atomic E-state index is -4.63. The molecule has 0 amide bonds. The van der Waals surface area contributed by atoms with Crippen LogP contribution in [0.5, 0.6) is 0 Å². The molecule has 2 heterocycles. The van der Waals surface area contributed by atoms with Crippen LogP contribution >= 0.6 is 0 Å². The minimum Gasteiger partial charge on any atom is -0.505 e. The second-order valence-corrected chi connectivity index (χ2v) is 8.39. The van der Waals surface area contributed by atoms with Crippen LogP contribution in [0.1, 0.15) is 29.8 Å². The van der Waals surface area contributed by atoms with Gasteiger partial charge < -0.3 is 4.74 Å². The highest BCUT2D eigenvalue weighted by atomic mass is 19.4. The van der Waals surface area contributed by atoms with E-state index in [1.54, 1.807) is 37.3 Å². The summed E-state index contributed by atoms with van der Waals surface area (Å²) in [5.74, 6) is 0.